The molecule has 3 rings (SSSR count). The van der Waals surface area contributed by atoms with Crippen LogP contribution in [-0.2, 0) is 11.3 Å². The van der Waals surface area contributed by atoms with Crippen LogP contribution in [0.1, 0.15) is 5.56 Å². The van der Waals surface area contributed by atoms with Gasteiger partial charge in [-0.25, -0.2) is 4.39 Å². The van der Waals surface area contributed by atoms with Crippen molar-refractivity contribution in [1.29, 1.82) is 0 Å². The Morgan fingerprint density at radius 1 is 1.00 bits per heavy atom. The van der Waals surface area contributed by atoms with E-state index in [2.05, 4.69) is 10.6 Å². The van der Waals surface area contributed by atoms with Gasteiger partial charge in [0.25, 0.3) is 5.91 Å². The monoisotopic (exact) mass is 448 g/mol. The van der Waals surface area contributed by atoms with Gasteiger partial charge in [-0.1, -0.05) is 41.4 Å². The van der Waals surface area contributed by atoms with Crippen LogP contribution in [0.3, 0.4) is 0 Å². The molecule has 0 atom stereocenters. The number of methoxy groups -OCH3 is 1. The molecule has 0 saturated heterocycles. The van der Waals surface area contributed by atoms with E-state index < -0.39 is 11.7 Å². The fourth-order valence-electron chi connectivity index (χ4n) is 2.64. The number of ether oxygens (including phenoxy) is 2. The first kappa shape index (κ1) is 21.7. The second kappa shape index (κ2) is 10.2. The SMILES string of the molecule is COc1cc(CNc2ccc(Cl)c(Cl)c2)ccc1OCC(=O)Nc1ccccc1F. The standard InChI is InChI=1S/C22H19Cl2FN2O3/c1-29-21-10-14(12-26-15-7-8-16(23)17(24)11-15)6-9-20(21)30-13-22(28)27-19-5-3-2-4-18(19)25/h2-11,26H,12-13H2,1H3,(H,27,28). The second-order valence-corrected chi connectivity index (χ2v) is 7.10. The smallest absolute Gasteiger partial charge is 0.262 e. The third-order valence-corrected chi connectivity index (χ3v) is 4.89. The van der Waals surface area contributed by atoms with Gasteiger partial charge in [-0.15, -0.1) is 0 Å². The fourth-order valence-corrected chi connectivity index (χ4v) is 2.94. The lowest BCUT2D eigenvalue weighted by atomic mass is 10.2. The lowest BCUT2D eigenvalue weighted by molar-refractivity contribution is -0.118. The molecular weight excluding hydrogens is 430 g/mol. The molecule has 0 aliphatic heterocycles. The Labute approximate surface area is 183 Å². The Balaban J connectivity index is 1.59. The van der Waals surface area contributed by atoms with E-state index in [9.17, 15) is 9.18 Å². The molecule has 0 heterocycles. The number of amides is 1. The van der Waals surface area contributed by atoms with Crippen molar-refractivity contribution < 1.29 is 18.7 Å². The minimum absolute atomic E-state index is 0.0989. The first-order valence-corrected chi connectivity index (χ1v) is 9.75. The lowest BCUT2D eigenvalue weighted by Gasteiger charge is -2.13. The molecule has 0 aliphatic carbocycles. The van der Waals surface area contributed by atoms with Gasteiger partial charge in [0.05, 0.1) is 22.8 Å². The van der Waals surface area contributed by atoms with Gasteiger partial charge in [0.1, 0.15) is 5.82 Å². The summed E-state index contributed by atoms with van der Waals surface area (Å²) < 4.78 is 24.5. The highest BCUT2D eigenvalue weighted by Crippen LogP contribution is 2.29. The Bertz CT molecular complexity index is 1050. The summed E-state index contributed by atoms with van der Waals surface area (Å²) in [7, 11) is 1.51. The van der Waals surface area contributed by atoms with Crippen LogP contribution in [0.2, 0.25) is 10.0 Å². The first-order chi connectivity index (χ1) is 14.5. The van der Waals surface area contributed by atoms with E-state index in [0.717, 1.165) is 11.3 Å². The molecule has 5 nitrogen and oxygen atoms in total. The van der Waals surface area contributed by atoms with Crippen LogP contribution < -0.4 is 20.1 Å². The van der Waals surface area contributed by atoms with Crippen LogP contribution in [-0.4, -0.2) is 19.6 Å². The molecular formula is C22H19Cl2FN2O3. The summed E-state index contributed by atoms with van der Waals surface area (Å²) in [6.45, 7) is 0.230. The molecule has 0 radical (unpaired) electrons. The summed E-state index contributed by atoms with van der Waals surface area (Å²) in [5.41, 5.74) is 1.86. The van der Waals surface area contributed by atoms with Crippen LogP contribution in [0.15, 0.2) is 60.7 Å². The highest BCUT2D eigenvalue weighted by molar-refractivity contribution is 6.42. The number of carbonyl (C=O) groups is 1. The second-order valence-electron chi connectivity index (χ2n) is 6.28. The number of hydrogen-bond donors (Lipinski definition) is 2. The van der Waals surface area contributed by atoms with E-state index in [-0.39, 0.29) is 12.3 Å². The van der Waals surface area contributed by atoms with Crippen LogP contribution in [0, 0.1) is 5.82 Å². The zero-order valence-electron chi connectivity index (χ0n) is 16.0. The highest BCUT2D eigenvalue weighted by Gasteiger charge is 2.11. The Hall–Kier alpha value is -2.96. The lowest BCUT2D eigenvalue weighted by Crippen LogP contribution is -2.21. The van der Waals surface area contributed by atoms with Crippen molar-refractivity contribution in [2.24, 2.45) is 0 Å². The van der Waals surface area contributed by atoms with Crippen LogP contribution >= 0.6 is 23.2 Å². The highest BCUT2D eigenvalue weighted by atomic mass is 35.5. The van der Waals surface area contributed by atoms with Crippen LogP contribution in [0.4, 0.5) is 15.8 Å². The molecule has 0 spiro atoms. The largest absolute Gasteiger partial charge is 0.493 e. The predicted octanol–water partition coefficient (Wildman–Crippen LogP) is 5.77. The van der Waals surface area contributed by atoms with Gasteiger partial charge in [0.15, 0.2) is 18.1 Å². The maximum Gasteiger partial charge on any atom is 0.262 e. The van der Waals surface area contributed by atoms with Gasteiger partial charge in [0, 0.05) is 12.2 Å². The van der Waals surface area contributed by atoms with E-state index >= 15 is 0 Å². The number of para-hydroxylation sites is 1. The third kappa shape index (κ3) is 5.78. The molecule has 2 N–H and O–H groups in total. The number of hydrogen-bond acceptors (Lipinski definition) is 4. The zero-order chi connectivity index (χ0) is 21.5. The van der Waals surface area contributed by atoms with Crippen molar-refractivity contribution in [3.63, 3.8) is 0 Å². The average molecular weight is 449 g/mol. The van der Waals surface area contributed by atoms with Crippen LogP contribution in [0.5, 0.6) is 11.5 Å². The summed E-state index contributed by atoms with van der Waals surface area (Å²) in [5, 5.41) is 6.67. The van der Waals surface area contributed by atoms with Crippen molar-refractivity contribution in [2.45, 2.75) is 6.54 Å². The molecule has 156 valence electrons. The molecule has 0 aliphatic rings. The number of benzene rings is 3. The molecule has 30 heavy (non-hydrogen) atoms. The summed E-state index contributed by atoms with van der Waals surface area (Å²) in [6, 6.07) is 16.6. The summed E-state index contributed by atoms with van der Waals surface area (Å²) in [6.07, 6.45) is 0. The van der Waals surface area contributed by atoms with E-state index in [1.165, 1.54) is 19.2 Å². The van der Waals surface area contributed by atoms with Gasteiger partial charge in [0.2, 0.25) is 0 Å². The van der Waals surface area contributed by atoms with Crippen molar-refractivity contribution in [1.82, 2.24) is 0 Å². The van der Waals surface area contributed by atoms with E-state index in [4.69, 9.17) is 32.7 Å². The molecule has 3 aromatic rings. The number of rotatable bonds is 8. The maximum atomic E-state index is 13.6. The first-order valence-electron chi connectivity index (χ1n) is 8.99. The fraction of sp³-hybridized carbons (Fsp3) is 0.136. The molecule has 0 unspecified atom stereocenters. The Morgan fingerprint density at radius 3 is 2.53 bits per heavy atom. The predicted molar refractivity (Wildman–Crippen MR) is 117 cm³/mol. The molecule has 0 saturated carbocycles. The average Bonchev–Trinajstić information content (AvgIpc) is 2.75. The molecule has 1 amide bonds. The minimum Gasteiger partial charge on any atom is -0.493 e. The molecule has 0 bridgehead atoms. The Kier molecular flexibility index (Phi) is 7.38. The quantitative estimate of drug-likeness (QED) is 0.459. The van der Waals surface area contributed by atoms with Crippen molar-refractivity contribution >= 4 is 40.5 Å². The summed E-state index contributed by atoms with van der Waals surface area (Å²) in [4.78, 5) is 12.0. The van der Waals surface area contributed by atoms with Gasteiger partial charge in [-0.05, 0) is 48.0 Å². The number of halogens is 3. The van der Waals surface area contributed by atoms with Gasteiger partial charge >= 0.3 is 0 Å². The normalized spacial score (nSPS) is 10.4. The third-order valence-electron chi connectivity index (χ3n) is 4.15. The molecule has 8 heteroatoms. The Morgan fingerprint density at radius 2 is 1.80 bits per heavy atom. The van der Waals surface area contributed by atoms with Gasteiger partial charge in [-0.3, -0.25) is 4.79 Å². The number of nitrogens with one attached hydrogen (secondary N) is 2. The molecule has 0 aromatic heterocycles. The number of carbonyl (C=O) groups excluding carboxylic acids is 1. The maximum absolute atomic E-state index is 13.6. The van der Waals surface area contributed by atoms with Crippen molar-refractivity contribution in [2.75, 3.05) is 24.4 Å². The molecule has 0 fully saturated rings. The van der Waals surface area contributed by atoms with E-state index in [1.807, 2.05) is 12.1 Å². The van der Waals surface area contributed by atoms with E-state index in [1.54, 1.807) is 36.4 Å². The number of anilines is 2. The van der Waals surface area contributed by atoms with Gasteiger partial charge in [-0.2, -0.15) is 0 Å². The van der Waals surface area contributed by atoms with Gasteiger partial charge < -0.3 is 20.1 Å². The molecule has 3 aromatic carbocycles. The van der Waals surface area contributed by atoms with Crippen molar-refractivity contribution in [3.8, 4) is 11.5 Å². The minimum atomic E-state index is -0.512. The summed E-state index contributed by atoms with van der Waals surface area (Å²) >= 11 is 11.9. The zero-order valence-corrected chi connectivity index (χ0v) is 17.6. The van der Waals surface area contributed by atoms with Crippen LogP contribution in [0.25, 0.3) is 0 Å². The topological polar surface area (TPSA) is 59.6 Å². The van der Waals surface area contributed by atoms with E-state index in [0.29, 0.717) is 28.1 Å². The van der Waals surface area contributed by atoms with Crippen molar-refractivity contribution in [3.05, 3.63) is 82.1 Å². The summed E-state index contributed by atoms with van der Waals surface area (Å²) in [5.74, 6) is -0.114.